The smallest absolute Gasteiger partial charge is 0.266 e. The van der Waals surface area contributed by atoms with Gasteiger partial charge in [-0.2, -0.15) is 0 Å². The van der Waals surface area contributed by atoms with Gasteiger partial charge in [0, 0.05) is 24.2 Å². The number of hydrogen-bond acceptors (Lipinski definition) is 6. The van der Waals surface area contributed by atoms with Gasteiger partial charge in [0.25, 0.3) is 11.3 Å². The summed E-state index contributed by atoms with van der Waals surface area (Å²) in [6, 6.07) is 10.5. The number of ether oxygens (including phenoxy) is 1. The van der Waals surface area contributed by atoms with E-state index in [2.05, 4.69) is 15.5 Å². The van der Waals surface area contributed by atoms with Crippen LogP contribution in [0.3, 0.4) is 0 Å². The number of carbonyl (C=O) groups is 1. The number of amides is 1. The third-order valence-electron chi connectivity index (χ3n) is 4.58. The van der Waals surface area contributed by atoms with Crippen LogP contribution in [0.4, 0.5) is 10.1 Å². The van der Waals surface area contributed by atoms with Gasteiger partial charge in [0.05, 0.1) is 12.1 Å². The highest BCUT2D eigenvalue weighted by molar-refractivity contribution is 6.33. The van der Waals surface area contributed by atoms with Gasteiger partial charge in [-0.15, -0.1) is 0 Å². The highest BCUT2D eigenvalue weighted by Crippen LogP contribution is 2.33. The lowest BCUT2D eigenvalue weighted by atomic mass is 10.1. The van der Waals surface area contributed by atoms with Crippen LogP contribution in [-0.2, 0) is 11.3 Å². The third-order valence-corrected chi connectivity index (χ3v) is 4.91. The third kappa shape index (κ3) is 4.26. The molecule has 1 N–H and O–H groups in total. The van der Waals surface area contributed by atoms with Gasteiger partial charge in [0.15, 0.2) is 0 Å². The summed E-state index contributed by atoms with van der Waals surface area (Å²) < 4.78 is 24.9. The monoisotopic (exact) mass is 442 g/mol. The minimum absolute atomic E-state index is 0.0237. The molecule has 2 aromatic carbocycles. The molecule has 0 unspecified atom stereocenters. The Bertz CT molecular complexity index is 1330. The van der Waals surface area contributed by atoms with Crippen molar-refractivity contribution in [2.45, 2.75) is 13.0 Å². The molecule has 4 rings (SSSR count). The Morgan fingerprint density at radius 1 is 1.29 bits per heavy atom. The van der Waals surface area contributed by atoms with Crippen molar-refractivity contribution in [2.24, 2.45) is 0 Å². The van der Waals surface area contributed by atoms with Crippen molar-refractivity contribution in [1.82, 2.24) is 14.7 Å². The second kappa shape index (κ2) is 8.57. The molecule has 158 valence electrons. The van der Waals surface area contributed by atoms with Gasteiger partial charge < -0.3 is 14.6 Å². The number of aryl methyl sites for hydroxylation is 1. The van der Waals surface area contributed by atoms with Crippen molar-refractivity contribution in [2.75, 3.05) is 12.4 Å². The molecule has 0 bridgehead atoms. The fourth-order valence-electron chi connectivity index (χ4n) is 3.05. The molecule has 31 heavy (non-hydrogen) atoms. The molecule has 0 fully saturated rings. The Kier molecular flexibility index (Phi) is 5.68. The summed E-state index contributed by atoms with van der Waals surface area (Å²) in [5.74, 6) is -0.298. The minimum atomic E-state index is -0.458. The summed E-state index contributed by atoms with van der Waals surface area (Å²) in [6.07, 6.45) is 1.26. The van der Waals surface area contributed by atoms with Crippen molar-refractivity contribution >= 4 is 34.3 Å². The Morgan fingerprint density at radius 2 is 2.13 bits per heavy atom. The Morgan fingerprint density at radius 3 is 2.90 bits per heavy atom. The van der Waals surface area contributed by atoms with E-state index in [1.165, 1.54) is 36.2 Å². The number of anilines is 1. The van der Waals surface area contributed by atoms with E-state index in [1.807, 2.05) is 0 Å². The Labute approximate surface area is 180 Å². The summed E-state index contributed by atoms with van der Waals surface area (Å²) >= 11 is 6.28. The largest absolute Gasteiger partial charge is 0.497 e. The van der Waals surface area contributed by atoms with Crippen LogP contribution in [0, 0.1) is 5.82 Å². The van der Waals surface area contributed by atoms with Gasteiger partial charge in [-0.05, 0) is 36.4 Å². The quantitative estimate of drug-likeness (QED) is 0.486. The zero-order valence-corrected chi connectivity index (χ0v) is 17.0. The highest BCUT2D eigenvalue weighted by atomic mass is 35.5. The molecular weight excluding hydrogens is 427 g/mol. The van der Waals surface area contributed by atoms with Crippen molar-refractivity contribution in [3.8, 4) is 17.0 Å². The van der Waals surface area contributed by atoms with Crippen LogP contribution in [0.2, 0.25) is 5.02 Å². The van der Waals surface area contributed by atoms with Gasteiger partial charge in [0.1, 0.15) is 29.0 Å². The van der Waals surface area contributed by atoms with Crippen LogP contribution >= 0.6 is 11.6 Å². The number of nitrogens with one attached hydrogen (secondary N) is 1. The molecule has 0 saturated heterocycles. The molecule has 1 amide bonds. The van der Waals surface area contributed by atoms with Gasteiger partial charge in [-0.1, -0.05) is 22.8 Å². The first-order chi connectivity index (χ1) is 15.0. The number of nitrogens with zero attached hydrogens (tertiary/aromatic N) is 3. The van der Waals surface area contributed by atoms with Crippen LogP contribution in [0.15, 0.2) is 58.1 Å². The standard InChI is InChI=1S/C21H16ClFN4O4/c1-30-14-5-6-16(22)15(10-14)19-18-20(31-26-19)24-11-27(21(18)29)8-7-17(28)25-13-4-2-3-12(23)9-13/h2-6,9-11H,7-8H2,1H3,(H,25,28). The zero-order valence-electron chi connectivity index (χ0n) is 16.3. The second-order valence-electron chi connectivity index (χ2n) is 6.61. The maximum Gasteiger partial charge on any atom is 0.266 e. The van der Waals surface area contributed by atoms with E-state index in [-0.39, 0.29) is 35.7 Å². The van der Waals surface area contributed by atoms with Crippen LogP contribution in [0.25, 0.3) is 22.4 Å². The van der Waals surface area contributed by atoms with E-state index in [0.717, 1.165) is 0 Å². The lowest BCUT2D eigenvalue weighted by Crippen LogP contribution is -2.23. The molecule has 8 nitrogen and oxygen atoms in total. The zero-order chi connectivity index (χ0) is 22.0. The van der Waals surface area contributed by atoms with E-state index in [9.17, 15) is 14.0 Å². The number of methoxy groups -OCH3 is 1. The Hall–Kier alpha value is -3.72. The van der Waals surface area contributed by atoms with Crippen LogP contribution in [0.5, 0.6) is 5.75 Å². The molecule has 10 heteroatoms. The lowest BCUT2D eigenvalue weighted by molar-refractivity contribution is -0.116. The topological polar surface area (TPSA) is 99.2 Å². The molecular formula is C21H16ClFN4O4. The van der Waals surface area contributed by atoms with E-state index in [4.69, 9.17) is 20.9 Å². The van der Waals surface area contributed by atoms with E-state index >= 15 is 0 Å². The average molecular weight is 443 g/mol. The van der Waals surface area contributed by atoms with Crippen LogP contribution in [0.1, 0.15) is 6.42 Å². The summed E-state index contributed by atoms with van der Waals surface area (Å²) in [5.41, 5.74) is 0.646. The maximum atomic E-state index is 13.3. The first-order valence-electron chi connectivity index (χ1n) is 9.20. The molecule has 0 spiro atoms. The van der Waals surface area contributed by atoms with Crippen molar-refractivity contribution in [1.29, 1.82) is 0 Å². The molecule has 0 saturated carbocycles. The summed E-state index contributed by atoms with van der Waals surface area (Å²) in [7, 11) is 1.51. The SMILES string of the molecule is COc1ccc(Cl)c(-c2noc3ncn(CCC(=O)Nc4cccc(F)c4)c(=O)c23)c1. The van der Waals surface area contributed by atoms with Gasteiger partial charge in [-0.25, -0.2) is 9.37 Å². The number of benzene rings is 2. The molecule has 2 aromatic heterocycles. The molecule has 2 heterocycles. The predicted molar refractivity (Wildman–Crippen MR) is 113 cm³/mol. The fraction of sp³-hybridized carbons (Fsp3) is 0.143. The number of fused-ring (bicyclic) bond motifs is 1. The Balaban J connectivity index is 1.60. The van der Waals surface area contributed by atoms with E-state index in [1.54, 1.807) is 24.3 Å². The van der Waals surface area contributed by atoms with E-state index in [0.29, 0.717) is 22.0 Å². The van der Waals surface area contributed by atoms with Gasteiger partial charge in [-0.3, -0.25) is 14.2 Å². The normalized spacial score (nSPS) is 10.9. The number of hydrogen-bond donors (Lipinski definition) is 1. The second-order valence-corrected chi connectivity index (χ2v) is 7.02. The molecule has 0 aliphatic rings. The van der Waals surface area contributed by atoms with E-state index < -0.39 is 11.4 Å². The lowest BCUT2D eigenvalue weighted by Gasteiger charge is -2.07. The average Bonchev–Trinajstić information content (AvgIpc) is 3.18. The van der Waals surface area contributed by atoms with Crippen molar-refractivity contribution < 1.29 is 18.4 Å². The van der Waals surface area contributed by atoms with Crippen molar-refractivity contribution in [3.05, 3.63) is 70.0 Å². The predicted octanol–water partition coefficient (Wildman–Crippen LogP) is 3.88. The number of rotatable bonds is 6. The van der Waals surface area contributed by atoms with Crippen LogP contribution in [-0.4, -0.2) is 27.7 Å². The number of aromatic nitrogens is 3. The number of carbonyl (C=O) groups excluding carboxylic acids is 1. The fourth-order valence-corrected chi connectivity index (χ4v) is 3.26. The highest BCUT2D eigenvalue weighted by Gasteiger charge is 2.20. The van der Waals surface area contributed by atoms with Crippen LogP contribution < -0.4 is 15.6 Å². The number of halogens is 2. The minimum Gasteiger partial charge on any atom is -0.497 e. The first kappa shape index (κ1) is 20.5. The van der Waals surface area contributed by atoms with Gasteiger partial charge >= 0.3 is 0 Å². The molecule has 0 atom stereocenters. The van der Waals surface area contributed by atoms with Gasteiger partial charge in [0.2, 0.25) is 5.91 Å². The van der Waals surface area contributed by atoms with Crippen molar-refractivity contribution in [3.63, 3.8) is 0 Å². The summed E-state index contributed by atoms with van der Waals surface area (Å²) in [5, 5.41) is 7.05. The molecule has 0 radical (unpaired) electrons. The summed E-state index contributed by atoms with van der Waals surface area (Å²) in [4.78, 5) is 29.3. The molecule has 4 aromatic rings. The first-order valence-corrected chi connectivity index (χ1v) is 9.58. The maximum absolute atomic E-state index is 13.3. The summed E-state index contributed by atoms with van der Waals surface area (Å²) in [6.45, 7) is 0.0549. The molecule has 0 aliphatic heterocycles. The molecule has 0 aliphatic carbocycles.